The monoisotopic (exact) mass is 819 g/mol. The molecule has 9 aromatic rings. The lowest BCUT2D eigenvalue weighted by Crippen LogP contribution is -2.30. The fourth-order valence-electron chi connectivity index (χ4n) is 10.9. The second-order valence-electron chi connectivity index (χ2n) is 17.1. The molecule has 1 aliphatic heterocycles. The topological polar surface area (TPSA) is 21.7 Å². The van der Waals surface area contributed by atoms with E-state index in [0.29, 0.717) is 11.5 Å². The second kappa shape index (κ2) is 14.5. The van der Waals surface area contributed by atoms with E-state index in [2.05, 4.69) is 235 Å². The van der Waals surface area contributed by atoms with Gasteiger partial charge in [-0.1, -0.05) is 188 Å². The minimum Gasteiger partial charge on any atom is -0.449 e. The van der Waals surface area contributed by atoms with Gasteiger partial charge in [0.25, 0.3) is 0 Å². The van der Waals surface area contributed by atoms with Crippen LogP contribution in [-0.4, -0.2) is 6.04 Å². The smallest absolute Gasteiger partial charge is 0.172 e. The van der Waals surface area contributed by atoms with Crippen molar-refractivity contribution in [1.29, 1.82) is 0 Å². The van der Waals surface area contributed by atoms with E-state index in [-0.39, 0.29) is 6.04 Å². The predicted octanol–water partition coefficient (Wildman–Crippen LogP) is 15.8. The third-order valence-electron chi connectivity index (χ3n) is 13.7. The first-order valence-electron chi connectivity index (χ1n) is 22.2. The van der Waals surface area contributed by atoms with Crippen molar-refractivity contribution in [1.82, 2.24) is 0 Å². The van der Waals surface area contributed by atoms with E-state index in [0.717, 1.165) is 29.3 Å². The summed E-state index contributed by atoms with van der Waals surface area (Å²) in [5.41, 5.74) is 19.0. The Morgan fingerprint density at radius 1 is 0.375 bits per heavy atom. The van der Waals surface area contributed by atoms with Crippen LogP contribution in [0.5, 0.6) is 23.0 Å². The number of hydrogen-bond donors (Lipinski definition) is 0. The number of hydrogen-bond acceptors (Lipinski definition) is 3. The highest BCUT2D eigenvalue weighted by molar-refractivity contribution is 5.96. The van der Waals surface area contributed by atoms with E-state index in [1.807, 2.05) is 0 Å². The van der Waals surface area contributed by atoms with Crippen LogP contribution in [-0.2, 0) is 5.41 Å². The highest BCUT2D eigenvalue weighted by Gasteiger charge is 2.52. The van der Waals surface area contributed by atoms with Gasteiger partial charge < -0.3 is 14.4 Å². The highest BCUT2D eigenvalue weighted by atomic mass is 16.6. The summed E-state index contributed by atoms with van der Waals surface area (Å²) in [5.74, 6) is 2.84. The zero-order chi connectivity index (χ0) is 42.2. The molecule has 64 heavy (non-hydrogen) atoms. The molecule has 0 radical (unpaired) electrons. The highest BCUT2D eigenvalue weighted by Crippen LogP contribution is 2.64. The maximum absolute atomic E-state index is 7.02. The van der Waals surface area contributed by atoms with Gasteiger partial charge in [0.05, 0.1) is 11.5 Å². The quantitative estimate of drug-likeness (QED) is 0.167. The van der Waals surface area contributed by atoms with Gasteiger partial charge in [0.15, 0.2) is 23.0 Å². The Kier molecular flexibility index (Phi) is 8.26. The van der Waals surface area contributed by atoms with Crippen molar-refractivity contribution in [3.05, 3.63) is 258 Å². The van der Waals surface area contributed by atoms with Gasteiger partial charge in [0.2, 0.25) is 0 Å². The van der Waals surface area contributed by atoms with Crippen LogP contribution in [0.4, 0.5) is 11.4 Å². The van der Waals surface area contributed by atoms with Gasteiger partial charge in [-0.3, -0.25) is 0 Å². The van der Waals surface area contributed by atoms with Crippen LogP contribution in [0.15, 0.2) is 231 Å². The van der Waals surface area contributed by atoms with Crippen LogP contribution in [0.25, 0.3) is 50.1 Å². The molecular weight excluding hydrogens is 779 g/mol. The van der Waals surface area contributed by atoms with Crippen molar-refractivity contribution < 1.29 is 9.47 Å². The van der Waals surface area contributed by atoms with Crippen molar-refractivity contribution in [3.63, 3.8) is 0 Å². The molecule has 0 saturated carbocycles. The van der Waals surface area contributed by atoms with Gasteiger partial charge in [-0.05, 0) is 121 Å². The Hall–Kier alpha value is -8.14. The van der Waals surface area contributed by atoms with Gasteiger partial charge in [-0.25, -0.2) is 0 Å². The molecule has 3 aliphatic carbocycles. The summed E-state index contributed by atoms with van der Waals surface area (Å²) >= 11 is 0. The average Bonchev–Trinajstić information content (AvgIpc) is 3.83. The molecule has 0 bridgehead atoms. The van der Waals surface area contributed by atoms with Gasteiger partial charge in [-0.2, -0.15) is 0 Å². The number of benzene rings is 9. The van der Waals surface area contributed by atoms with Crippen LogP contribution in [0.1, 0.15) is 34.2 Å². The summed E-state index contributed by atoms with van der Waals surface area (Å²) in [5, 5.41) is 0. The molecule has 1 heterocycles. The maximum atomic E-state index is 7.02. The number of anilines is 2. The molecule has 0 fully saturated rings. The van der Waals surface area contributed by atoms with E-state index in [9.17, 15) is 0 Å². The van der Waals surface area contributed by atoms with E-state index < -0.39 is 5.41 Å². The summed E-state index contributed by atoms with van der Waals surface area (Å²) in [6, 6.07) is 76.5. The van der Waals surface area contributed by atoms with Crippen molar-refractivity contribution in [2.45, 2.75) is 17.9 Å². The zero-order valence-electron chi connectivity index (χ0n) is 35.0. The number of nitrogens with zero attached hydrogens (tertiary/aromatic N) is 1. The van der Waals surface area contributed by atoms with Gasteiger partial charge in [-0.15, -0.1) is 0 Å². The summed E-state index contributed by atoms with van der Waals surface area (Å²) in [7, 11) is 0. The molecule has 0 N–H and O–H groups in total. The van der Waals surface area contributed by atoms with Crippen molar-refractivity contribution in [3.8, 4) is 67.5 Å². The summed E-state index contributed by atoms with van der Waals surface area (Å²) in [6.07, 6.45) is 7.81. The Labute approximate surface area is 373 Å². The zero-order valence-corrected chi connectivity index (χ0v) is 35.0. The summed E-state index contributed by atoms with van der Waals surface area (Å²) < 4.78 is 13.8. The lowest BCUT2D eigenvalue weighted by atomic mass is 9.70. The van der Waals surface area contributed by atoms with E-state index >= 15 is 0 Å². The fourth-order valence-corrected chi connectivity index (χ4v) is 10.9. The molecule has 0 amide bonds. The number of rotatable bonds is 6. The first kappa shape index (κ1) is 36.5. The van der Waals surface area contributed by atoms with Crippen molar-refractivity contribution >= 4 is 16.9 Å². The van der Waals surface area contributed by atoms with E-state index in [1.54, 1.807) is 0 Å². The third-order valence-corrected chi connectivity index (χ3v) is 13.7. The largest absolute Gasteiger partial charge is 0.449 e. The van der Waals surface area contributed by atoms with Gasteiger partial charge >= 0.3 is 0 Å². The first-order valence-corrected chi connectivity index (χ1v) is 22.2. The molecule has 0 aromatic heterocycles. The third kappa shape index (κ3) is 5.54. The standard InChI is InChI=1S/C61H41NO2/c1-3-15-40(16-4-1)41-27-31-44(32-28-41)62(45-33-29-43(30-34-45)48-20-8-7-19-47(48)42-17-5-2-6-18-42)46-35-36-57-58(37-46)64-60-39-56-52(38-59(60)63-57)51-23-11-14-26-55(51)61(56)53-24-12-9-21-49(53)50-22-10-13-25-54(50)61/h1-31,33-39,44H,32H2. The molecule has 13 rings (SSSR count). The number of ether oxygens (including phenoxy) is 2. The Morgan fingerprint density at radius 3 is 1.47 bits per heavy atom. The average molecular weight is 820 g/mol. The molecule has 4 aliphatic rings. The molecule has 1 spiro atoms. The van der Waals surface area contributed by atoms with E-state index in [4.69, 9.17) is 9.47 Å². The minimum absolute atomic E-state index is 0.0638. The predicted molar refractivity (Wildman–Crippen MR) is 261 cm³/mol. The molecule has 0 saturated heterocycles. The second-order valence-corrected chi connectivity index (χ2v) is 17.1. The fraction of sp³-hybridized carbons (Fsp3) is 0.0492. The SMILES string of the molecule is C1=CC(N(c2ccc(-c3ccccc3-c3ccccc3)cc2)c2ccc3c(c2)Oc2cc4c(cc2O3)-c2ccccc2C42c3ccccc3-c3ccccc32)CC=C1c1ccccc1. The van der Waals surface area contributed by atoms with Crippen LogP contribution in [0, 0.1) is 0 Å². The van der Waals surface area contributed by atoms with Crippen LogP contribution >= 0.6 is 0 Å². The Morgan fingerprint density at radius 2 is 0.859 bits per heavy atom. The van der Waals surface area contributed by atoms with Crippen LogP contribution < -0.4 is 14.4 Å². The molecule has 3 nitrogen and oxygen atoms in total. The van der Waals surface area contributed by atoms with Crippen molar-refractivity contribution in [2.75, 3.05) is 4.90 Å². The lowest BCUT2D eigenvalue weighted by molar-refractivity contribution is 0.359. The number of allylic oxidation sites excluding steroid dienone is 2. The first-order chi connectivity index (χ1) is 31.7. The molecule has 3 heteroatoms. The molecule has 302 valence electrons. The Bertz CT molecular complexity index is 3320. The van der Waals surface area contributed by atoms with Crippen molar-refractivity contribution in [2.24, 2.45) is 0 Å². The molecule has 9 aromatic carbocycles. The maximum Gasteiger partial charge on any atom is 0.172 e. The number of fused-ring (bicyclic) bond motifs is 12. The Balaban J connectivity index is 0.900. The van der Waals surface area contributed by atoms with E-state index in [1.165, 1.54) is 77.9 Å². The van der Waals surface area contributed by atoms with Crippen LogP contribution in [0.2, 0.25) is 0 Å². The normalized spacial score (nSPS) is 15.4. The summed E-state index contributed by atoms with van der Waals surface area (Å²) in [6.45, 7) is 0. The molecule has 1 atom stereocenters. The lowest BCUT2D eigenvalue weighted by Gasteiger charge is -2.34. The van der Waals surface area contributed by atoms with Crippen LogP contribution in [0.3, 0.4) is 0 Å². The molecular formula is C61H41NO2. The van der Waals surface area contributed by atoms with Gasteiger partial charge in [0.1, 0.15) is 0 Å². The summed E-state index contributed by atoms with van der Waals surface area (Å²) in [4.78, 5) is 2.43. The minimum atomic E-state index is -0.469. The molecule has 1 unspecified atom stereocenters. The van der Waals surface area contributed by atoms with Gasteiger partial charge in [0, 0.05) is 17.4 Å².